The number of carbonyl (C=O) groups excluding carboxylic acids is 1. The Bertz CT molecular complexity index is 1250. The first-order valence-corrected chi connectivity index (χ1v) is 16.3. The van der Waals surface area contributed by atoms with Gasteiger partial charge in [0.1, 0.15) is 0 Å². The molecule has 0 spiro atoms. The van der Waals surface area contributed by atoms with Crippen LogP contribution < -0.4 is 5.32 Å². The molecule has 1 aromatic carbocycles. The SMILES string of the molecule is CN[C@H]1CCI(c2nc3cc([C@@H]4CCCCN4C(=O)c4ccc(F)c(C)c4Cl)nn3cc2C)C1. The summed E-state index contributed by atoms with van der Waals surface area (Å²) in [4.78, 5) is 20.4. The number of nitrogens with one attached hydrogen (secondary N) is 1. The van der Waals surface area contributed by atoms with E-state index in [1.165, 1.54) is 36.7 Å². The second-order valence-electron chi connectivity index (χ2n) is 9.20. The zero-order valence-electron chi connectivity index (χ0n) is 19.7. The van der Waals surface area contributed by atoms with Crippen LogP contribution in [0.25, 0.3) is 5.65 Å². The summed E-state index contributed by atoms with van der Waals surface area (Å²) in [5.41, 5.74) is 3.58. The molecule has 0 saturated carbocycles. The third kappa shape index (κ3) is 4.33. The number of piperidine rings is 1. The van der Waals surface area contributed by atoms with Crippen molar-refractivity contribution in [1.29, 1.82) is 0 Å². The first-order chi connectivity index (χ1) is 16.4. The fourth-order valence-electron chi connectivity index (χ4n) is 4.93. The molecular weight excluding hydrogens is 568 g/mol. The summed E-state index contributed by atoms with van der Waals surface area (Å²) in [6.45, 7) is 4.37. The number of benzene rings is 1. The Hall–Kier alpha value is -1.78. The van der Waals surface area contributed by atoms with Crippen LogP contribution in [0.2, 0.25) is 5.02 Å². The number of hydrogen-bond donors (Lipinski definition) is 1. The van der Waals surface area contributed by atoms with Gasteiger partial charge in [-0.25, -0.2) is 4.39 Å². The van der Waals surface area contributed by atoms with Crippen LogP contribution >= 0.6 is 31.4 Å². The molecule has 2 aliphatic rings. The topological polar surface area (TPSA) is 62.5 Å². The molecule has 2 aliphatic heterocycles. The molecule has 1 amide bonds. The van der Waals surface area contributed by atoms with Gasteiger partial charge in [0.15, 0.2) is 0 Å². The number of fused-ring (bicyclic) bond motifs is 1. The number of halogens is 3. The van der Waals surface area contributed by atoms with E-state index in [1.54, 1.807) is 6.92 Å². The Morgan fingerprint density at radius 1 is 1.26 bits per heavy atom. The molecule has 5 rings (SSSR count). The fourth-order valence-corrected chi connectivity index (χ4v) is 12.1. The standard InChI is InChI=1S/C25H30ClFIN5O/c1-15-14-33-22(30-24(15)28-10-9-17(13-28)29-3)12-20(31-33)21-6-4-5-11-32(21)25(34)18-7-8-19(27)16(2)23(18)26/h7-8,12,14,17,21,29H,4-6,9-11,13H2,1-3H3/t17-,21-/m0/s1. The predicted octanol–water partition coefficient (Wildman–Crippen LogP) is 5.17. The Labute approximate surface area is 211 Å². The van der Waals surface area contributed by atoms with E-state index in [2.05, 4.69) is 25.5 Å². The molecular formula is C25H30ClFIN5O. The second-order valence-corrected chi connectivity index (χ2v) is 15.2. The van der Waals surface area contributed by atoms with E-state index in [9.17, 15) is 9.18 Å². The average molecular weight is 598 g/mol. The van der Waals surface area contributed by atoms with Crippen molar-refractivity contribution in [2.45, 2.75) is 51.6 Å². The van der Waals surface area contributed by atoms with Crippen molar-refractivity contribution in [3.63, 3.8) is 0 Å². The van der Waals surface area contributed by atoms with Gasteiger partial charge in [-0.1, -0.05) is 0 Å². The molecule has 2 fully saturated rings. The Morgan fingerprint density at radius 3 is 2.85 bits per heavy atom. The summed E-state index contributed by atoms with van der Waals surface area (Å²) in [5, 5.41) is 8.47. The third-order valence-corrected chi connectivity index (χ3v) is 14.0. The first kappa shape index (κ1) is 23.9. The number of likely N-dealkylation sites (tertiary alicyclic amines) is 1. The number of rotatable bonds is 4. The molecule has 0 aliphatic carbocycles. The normalized spacial score (nSPS) is 22.0. The van der Waals surface area contributed by atoms with Gasteiger partial charge in [-0.2, -0.15) is 0 Å². The van der Waals surface area contributed by atoms with Gasteiger partial charge in [0.05, 0.1) is 0 Å². The van der Waals surface area contributed by atoms with Crippen molar-refractivity contribution in [3.8, 4) is 0 Å². The molecule has 0 unspecified atom stereocenters. The molecule has 34 heavy (non-hydrogen) atoms. The number of aromatic nitrogens is 3. The van der Waals surface area contributed by atoms with Crippen LogP contribution in [0.3, 0.4) is 0 Å². The average Bonchev–Trinajstić information content (AvgIpc) is 3.48. The van der Waals surface area contributed by atoms with Crippen molar-refractivity contribution < 1.29 is 9.18 Å². The number of nitrogens with zero attached hydrogens (tertiary/aromatic N) is 4. The van der Waals surface area contributed by atoms with E-state index in [0.29, 0.717) is 23.7 Å². The summed E-state index contributed by atoms with van der Waals surface area (Å²) in [6.07, 6.45) is 6.12. The molecule has 1 N–H and O–H groups in total. The monoisotopic (exact) mass is 597 g/mol. The van der Waals surface area contributed by atoms with E-state index in [4.69, 9.17) is 21.7 Å². The van der Waals surface area contributed by atoms with Crippen molar-refractivity contribution in [2.75, 3.05) is 22.4 Å². The number of carbonyl (C=O) groups is 1. The van der Waals surface area contributed by atoms with E-state index in [1.807, 2.05) is 15.5 Å². The van der Waals surface area contributed by atoms with Crippen LogP contribution in [0.4, 0.5) is 4.39 Å². The predicted molar refractivity (Wildman–Crippen MR) is 141 cm³/mol. The van der Waals surface area contributed by atoms with Gasteiger partial charge >= 0.3 is 208 Å². The number of alkyl halides is 2. The summed E-state index contributed by atoms with van der Waals surface area (Å²) >= 11 is 5.08. The number of amides is 1. The van der Waals surface area contributed by atoms with Crippen molar-refractivity contribution in [1.82, 2.24) is 24.8 Å². The van der Waals surface area contributed by atoms with E-state index >= 15 is 0 Å². The summed E-state index contributed by atoms with van der Waals surface area (Å²) in [5.74, 6) is -0.571. The fraction of sp³-hybridized carbons (Fsp3) is 0.480. The zero-order valence-corrected chi connectivity index (χ0v) is 22.7. The quantitative estimate of drug-likeness (QED) is 0.256. The molecule has 4 heterocycles. The second kappa shape index (κ2) is 9.70. The molecule has 3 aromatic rings. The molecule has 0 bridgehead atoms. The number of hydrogen-bond acceptors (Lipinski definition) is 4. The van der Waals surface area contributed by atoms with Crippen LogP contribution in [0, 0.1) is 23.4 Å². The van der Waals surface area contributed by atoms with Gasteiger partial charge in [0.25, 0.3) is 0 Å². The summed E-state index contributed by atoms with van der Waals surface area (Å²) in [7, 11) is 2.05. The summed E-state index contributed by atoms with van der Waals surface area (Å²) < 4.78 is 19.6. The number of aryl methyl sites for hydroxylation is 1. The molecule has 2 atom stereocenters. The van der Waals surface area contributed by atoms with Gasteiger partial charge in [0, 0.05) is 0 Å². The Morgan fingerprint density at radius 2 is 2.09 bits per heavy atom. The molecule has 2 saturated heterocycles. The molecule has 6 nitrogen and oxygen atoms in total. The van der Waals surface area contributed by atoms with E-state index < -0.39 is 25.6 Å². The zero-order chi connectivity index (χ0) is 24.0. The van der Waals surface area contributed by atoms with Crippen molar-refractivity contribution in [2.24, 2.45) is 0 Å². The van der Waals surface area contributed by atoms with E-state index in [-0.39, 0.29) is 17.0 Å². The third-order valence-electron chi connectivity index (χ3n) is 6.96. The Balaban J connectivity index is 1.47. The first-order valence-electron chi connectivity index (χ1n) is 11.8. The minimum absolute atomic E-state index is 0.146. The summed E-state index contributed by atoms with van der Waals surface area (Å²) in [6, 6.07) is 5.32. The van der Waals surface area contributed by atoms with Gasteiger partial charge in [-0.15, -0.1) is 0 Å². The van der Waals surface area contributed by atoms with Gasteiger partial charge in [-0.3, -0.25) is 0 Å². The maximum absolute atomic E-state index is 13.9. The van der Waals surface area contributed by atoms with Crippen LogP contribution in [-0.4, -0.2) is 53.9 Å². The van der Waals surface area contributed by atoms with Crippen LogP contribution in [0.15, 0.2) is 24.4 Å². The van der Waals surface area contributed by atoms with Crippen LogP contribution in [0.5, 0.6) is 0 Å². The molecule has 9 heteroatoms. The Kier molecular flexibility index (Phi) is 6.83. The maximum atomic E-state index is 13.9. The molecule has 182 valence electrons. The van der Waals surface area contributed by atoms with Crippen LogP contribution in [-0.2, 0) is 0 Å². The molecule has 2 aromatic heterocycles. The van der Waals surface area contributed by atoms with Crippen molar-refractivity contribution in [3.05, 3.63) is 61.3 Å². The van der Waals surface area contributed by atoms with E-state index in [0.717, 1.165) is 30.6 Å². The van der Waals surface area contributed by atoms with Gasteiger partial charge < -0.3 is 0 Å². The van der Waals surface area contributed by atoms with Crippen LogP contribution in [0.1, 0.15) is 58.9 Å². The van der Waals surface area contributed by atoms with Gasteiger partial charge in [-0.05, 0) is 0 Å². The molecule has 0 radical (unpaired) electrons. The van der Waals surface area contributed by atoms with Crippen molar-refractivity contribution >= 4 is 43.0 Å². The minimum atomic E-state index is -1.29. The van der Waals surface area contributed by atoms with Gasteiger partial charge in [0.2, 0.25) is 0 Å².